The number of rotatable bonds is 2. The lowest BCUT2D eigenvalue weighted by molar-refractivity contribution is 0.136. The van der Waals surface area contributed by atoms with Crippen LogP contribution in [0.3, 0.4) is 0 Å². The Bertz CT molecular complexity index is 636. The summed E-state index contributed by atoms with van der Waals surface area (Å²) in [5, 5.41) is 14.4. The van der Waals surface area contributed by atoms with E-state index in [1.54, 1.807) is 4.90 Å². The van der Waals surface area contributed by atoms with Crippen molar-refractivity contribution in [1.29, 1.82) is 0 Å². The SMILES string of the molecule is O=C(Nc1cccc2ccccc12)N1CCCC(CO)C1. The van der Waals surface area contributed by atoms with Gasteiger partial charge in [-0.15, -0.1) is 0 Å². The van der Waals surface area contributed by atoms with Crippen LogP contribution in [0.1, 0.15) is 12.8 Å². The first-order valence-electron chi connectivity index (χ1n) is 7.42. The molecule has 0 aliphatic carbocycles. The summed E-state index contributed by atoms with van der Waals surface area (Å²) in [6, 6.07) is 13.8. The van der Waals surface area contributed by atoms with Crippen molar-refractivity contribution in [2.75, 3.05) is 25.0 Å². The van der Waals surface area contributed by atoms with Crippen molar-refractivity contribution in [2.24, 2.45) is 5.92 Å². The van der Waals surface area contributed by atoms with Crippen LogP contribution in [0.15, 0.2) is 42.5 Å². The maximum Gasteiger partial charge on any atom is 0.321 e. The maximum atomic E-state index is 12.4. The highest BCUT2D eigenvalue weighted by atomic mass is 16.3. The van der Waals surface area contributed by atoms with Crippen LogP contribution in [0, 0.1) is 5.92 Å². The number of nitrogens with zero attached hydrogens (tertiary/aromatic N) is 1. The van der Waals surface area contributed by atoms with Gasteiger partial charge in [-0.3, -0.25) is 0 Å². The number of carbonyl (C=O) groups is 1. The Morgan fingerprint density at radius 3 is 2.90 bits per heavy atom. The van der Waals surface area contributed by atoms with E-state index < -0.39 is 0 Å². The summed E-state index contributed by atoms with van der Waals surface area (Å²) in [5.74, 6) is 0.206. The zero-order valence-corrected chi connectivity index (χ0v) is 12.0. The highest BCUT2D eigenvalue weighted by Gasteiger charge is 2.23. The molecule has 2 aromatic rings. The summed E-state index contributed by atoms with van der Waals surface area (Å²) >= 11 is 0. The minimum absolute atomic E-state index is 0.0792. The topological polar surface area (TPSA) is 52.6 Å². The molecule has 1 aliphatic heterocycles. The van der Waals surface area contributed by atoms with E-state index in [1.165, 1.54) is 0 Å². The van der Waals surface area contributed by atoms with Crippen LogP contribution >= 0.6 is 0 Å². The number of aliphatic hydroxyl groups excluding tert-OH is 1. The minimum Gasteiger partial charge on any atom is -0.396 e. The summed E-state index contributed by atoms with van der Waals surface area (Å²) < 4.78 is 0. The fraction of sp³-hybridized carbons (Fsp3) is 0.353. The molecule has 1 unspecified atom stereocenters. The van der Waals surface area contributed by atoms with E-state index in [1.807, 2.05) is 42.5 Å². The van der Waals surface area contributed by atoms with Gasteiger partial charge < -0.3 is 15.3 Å². The Balaban J connectivity index is 1.77. The molecule has 1 fully saturated rings. The number of piperidine rings is 1. The van der Waals surface area contributed by atoms with Crippen LogP contribution in [-0.2, 0) is 0 Å². The molecular formula is C17H20N2O2. The summed E-state index contributed by atoms with van der Waals surface area (Å²) in [7, 11) is 0. The zero-order chi connectivity index (χ0) is 14.7. The number of aliphatic hydroxyl groups is 1. The van der Waals surface area contributed by atoms with Gasteiger partial charge in [0.05, 0.1) is 5.69 Å². The number of anilines is 1. The quantitative estimate of drug-likeness (QED) is 0.890. The molecule has 21 heavy (non-hydrogen) atoms. The molecule has 2 N–H and O–H groups in total. The Hall–Kier alpha value is -2.07. The van der Waals surface area contributed by atoms with Gasteiger partial charge in [0.2, 0.25) is 0 Å². The van der Waals surface area contributed by atoms with Crippen molar-refractivity contribution in [3.63, 3.8) is 0 Å². The van der Waals surface area contributed by atoms with Crippen LogP contribution < -0.4 is 5.32 Å². The molecule has 0 saturated carbocycles. The maximum absolute atomic E-state index is 12.4. The van der Waals surface area contributed by atoms with Gasteiger partial charge in [-0.05, 0) is 30.2 Å². The molecule has 110 valence electrons. The lowest BCUT2D eigenvalue weighted by Gasteiger charge is -2.31. The molecule has 0 aromatic heterocycles. The van der Waals surface area contributed by atoms with E-state index in [2.05, 4.69) is 5.32 Å². The van der Waals surface area contributed by atoms with Gasteiger partial charge in [0.15, 0.2) is 0 Å². The van der Waals surface area contributed by atoms with Crippen LogP contribution in [0.2, 0.25) is 0 Å². The van der Waals surface area contributed by atoms with Crippen LogP contribution in [0.25, 0.3) is 10.8 Å². The van der Waals surface area contributed by atoms with Crippen molar-refractivity contribution < 1.29 is 9.90 Å². The molecule has 2 aromatic carbocycles. The van der Waals surface area contributed by atoms with Crippen molar-refractivity contribution in [3.8, 4) is 0 Å². The number of hydrogen-bond donors (Lipinski definition) is 2. The summed E-state index contributed by atoms with van der Waals surface area (Å²) in [6.45, 7) is 1.54. The second kappa shape index (κ2) is 6.14. The van der Waals surface area contributed by atoms with Crippen molar-refractivity contribution in [2.45, 2.75) is 12.8 Å². The average Bonchev–Trinajstić information content (AvgIpc) is 2.55. The summed E-state index contributed by atoms with van der Waals surface area (Å²) in [4.78, 5) is 14.2. The Morgan fingerprint density at radius 2 is 2.05 bits per heavy atom. The van der Waals surface area contributed by atoms with Crippen molar-refractivity contribution >= 4 is 22.5 Å². The van der Waals surface area contributed by atoms with Crippen LogP contribution in [-0.4, -0.2) is 35.7 Å². The molecule has 0 bridgehead atoms. The van der Waals surface area contributed by atoms with Gasteiger partial charge in [0.1, 0.15) is 0 Å². The van der Waals surface area contributed by atoms with E-state index in [0.717, 1.165) is 35.8 Å². The predicted molar refractivity (Wildman–Crippen MR) is 84.3 cm³/mol. The lowest BCUT2D eigenvalue weighted by Crippen LogP contribution is -2.43. The average molecular weight is 284 g/mol. The van der Waals surface area contributed by atoms with E-state index in [9.17, 15) is 9.90 Å². The third-order valence-corrected chi connectivity index (χ3v) is 4.10. The van der Waals surface area contributed by atoms with Gasteiger partial charge >= 0.3 is 6.03 Å². The normalized spacial score (nSPS) is 18.7. The molecule has 1 saturated heterocycles. The van der Waals surface area contributed by atoms with Crippen LogP contribution in [0.5, 0.6) is 0 Å². The van der Waals surface area contributed by atoms with Gasteiger partial charge in [-0.1, -0.05) is 36.4 Å². The summed E-state index contributed by atoms with van der Waals surface area (Å²) in [5.41, 5.74) is 0.837. The Labute approximate surface area is 124 Å². The fourth-order valence-electron chi connectivity index (χ4n) is 2.93. The number of likely N-dealkylation sites (tertiary alicyclic amines) is 1. The zero-order valence-electron chi connectivity index (χ0n) is 12.0. The highest BCUT2D eigenvalue weighted by Crippen LogP contribution is 2.24. The van der Waals surface area contributed by atoms with Gasteiger partial charge in [-0.2, -0.15) is 0 Å². The molecule has 0 radical (unpaired) electrons. The molecule has 1 atom stereocenters. The van der Waals surface area contributed by atoms with E-state index in [0.29, 0.717) is 6.54 Å². The Morgan fingerprint density at radius 1 is 1.24 bits per heavy atom. The largest absolute Gasteiger partial charge is 0.396 e. The highest BCUT2D eigenvalue weighted by molar-refractivity contribution is 6.01. The second-order valence-corrected chi connectivity index (χ2v) is 5.59. The van der Waals surface area contributed by atoms with Crippen molar-refractivity contribution in [1.82, 2.24) is 4.90 Å². The molecule has 1 aliphatic rings. The Kier molecular flexibility index (Phi) is 4.06. The van der Waals surface area contributed by atoms with E-state index >= 15 is 0 Å². The number of amides is 2. The molecular weight excluding hydrogens is 264 g/mol. The number of nitrogens with one attached hydrogen (secondary N) is 1. The molecule has 0 spiro atoms. The smallest absolute Gasteiger partial charge is 0.321 e. The minimum atomic E-state index is -0.0792. The number of carbonyl (C=O) groups excluding carboxylic acids is 1. The fourth-order valence-corrected chi connectivity index (χ4v) is 2.93. The van der Waals surface area contributed by atoms with E-state index in [-0.39, 0.29) is 18.6 Å². The number of fused-ring (bicyclic) bond motifs is 1. The number of hydrogen-bond acceptors (Lipinski definition) is 2. The first-order valence-corrected chi connectivity index (χ1v) is 7.42. The van der Waals surface area contributed by atoms with Crippen molar-refractivity contribution in [3.05, 3.63) is 42.5 Å². The molecule has 3 rings (SSSR count). The first kappa shape index (κ1) is 13.9. The van der Waals surface area contributed by atoms with E-state index in [4.69, 9.17) is 0 Å². The van der Waals surface area contributed by atoms with Gasteiger partial charge in [-0.25, -0.2) is 4.79 Å². The van der Waals surface area contributed by atoms with Crippen LogP contribution in [0.4, 0.5) is 10.5 Å². The van der Waals surface area contributed by atoms with Gasteiger partial charge in [0, 0.05) is 25.1 Å². The molecule has 4 nitrogen and oxygen atoms in total. The molecule has 2 amide bonds. The second-order valence-electron chi connectivity index (χ2n) is 5.59. The lowest BCUT2D eigenvalue weighted by atomic mass is 9.99. The third-order valence-electron chi connectivity index (χ3n) is 4.10. The first-order chi connectivity index (χ1) is 10.3. The monoisotopic (exact) mass is 284 g/mol. The molecule has 1 heterocycles. The third kappa shape index (κ3) is 3.00. The number of benzene rings is 2. The summed E-state index contributed by atoms with van der Waals surface area (Å²) in [6.07, 6.45) is 1.95. The predicted octanol–water partition coefficient (Wildman–Crippen LogP) is 3.08. The van der Waals surface area contributed by atoms with Gasteiger partial charge in [0.25, 0.3) is 0 Å². The number of urea groups is 1. The standard InChI is InChI=1S/C17H20N2O2/c20-12-13-5-4-10-19(11-13)17(21)18-16-9-3-7-14-6-1-2-8-15(14)16/h1-3,6-9,13,20H,4-5,10-12H2,(H,18,21). The molecule has 4 heteroatoms.